The van der Waals surface area contributed by atoms with Crippen LogP contribution in [-0.2, 0) is 13.0 Å². The first-order valence-corrected chi connectivity index (χ1v) is 11.9. The van der Waals surface area contributed by atoms with Crippen molar-refractivity contribution in [2.24, 2.45) is 0 Å². The lowest BCUT2D eigenvalue weighted by Gasteiger charge is -2.37. The third kappa shape index (κ3) is 4.84. The highest BCUT2D eigenvalue weighted by Gasteiger charge is 2.28. The van der Waals surface area contributed by atoms with E-state index < -0.39 is 0 Å². The Kier molecular flexibility index (Phi) is 6.39. The first kappa shape index (κ1) is 22.9. The second-order valence-corrected chi connectivity index (χ2v) is 9.06. The van der Waals surface area contributed by atoms with Gasteiger partial charge in [0.15, 0.2) is 0 Å². The van der Waals surface area contributed by atoms with Gasteiger partial charge in [0.25, 0.3) is 0 Å². The fourth-order valence-corrected chi connectivity index (χ4v) is 4.65. The van der Waals surface area contributed by atoms with Gasteiger partial charge in [0.2, 0.25) is 5.95 Å². The molecule has 2 aromatic carbocycles. The summed E-state index contributed by atoms with van der Waals surface area (Å²) >= 11 is 0. The highest BCUT2D eigenvalue weighted by atomic mass is 19.1. The third-order valence-electron chi connectivity index (χ3n) is 6.52. The molecule has 1 fully saturated rings. The molecule has 1 N–H and O–H groups in total. The van der Waals surface area contributed by atoms with Crippen molar-refractivity contribution >= 4 is 29.2 Å². The minimum Gasteiger partial charge on any atom is -0.366 e. The van der Waals surface area contributed by atoms with Crippen LogP contribution in [0.2, 0.25) is 0 Å². The van der Waals surface area contributed by atoms with Crippen LogP contribution in [0, 0.1) is 5.82 Å². The Hall–Kier alpha value is -3.88. The first-order valence-electron chi connectivity index (χ1n) is 11.9. The maximum Gasteiger partial charge on any atom is 0.322 e. The minimum absolute atomic E-state index is 0.125. The molecule has 1 aromatic heterocycles. The lowest BCUT2D eigenvalue weighted by Crippen LogP contribution is -2.48. The van der Waals surface area contributed by atoms with Crippen molar-refractivity contribution in [3.63, 3.8) is 0 Å². The summed E-state index contributed by atoms with van der Waals surface area (Å²) in [7, 11) is 3.93. The number of nitrogens with one attached hydrogen (secondary N) is 1. The summed E-state index contributed by atoms with van der Waals surface area (Å²) in [6.45, 7) is 3.88. The molecule has 0 aliphatic carbocycles. The molecule has 5 rings (SSSR count). The molecule has 182 valence electrons. The quantitative estimate of drug-likeness (QED) is 0.622. The van der Waals surface area contributed by atoms with E-state index in [1.165, 1.54) is 6.07 Å². The van der Waals surface area contributed by atoms with E-state index >= 15 is 0 Å². The summed E-state index contributed by atoms with van der Waals surface area (Å²) in [5, 5.41) is 2.97. The van der Waals surface area contributed by atoms with Crippen molar-refractivity contribution in [1.82, 2.24) is 14.9 Å². The largest absolute Gasteiger partial charge is 0.366 e. The fourth-order valence-electron chi connectivity index (χ4n) is 4.65. The molecule has 3 aromatic rings. The standard InChI is InChI=1S/C26H30FN7O/c1-31(2)24-20-18-34(26(35)28-19-8-4-3-5-9-19)13-12-22(20)29-25(30-24)33-16-14-32(15-17-33)23-11-7-6-10-21(23)27/h3-11H,12-18H2,1-2H3,(H,28,35). The van der Waals surface area contributed by atoms with Crippen molar-refractivity contribution < 1.29 is 9.18 Å². The highest BCUT2D eigenvalue weighted by Crippen LogP contribution is 2.29. The van der Waals surface area contributed by atoms with Crippen LogP contribution >= 0.6 is 0 Å². The Bertz CT molecular complexity index is 1200. The van der Waals surface area contributed by atoms with Crippen LogP contribution in [0.4, 0.5) is 32.3 Å². The molecule has 9 heteroatoms. The average molecular weight is 476 g/mol. The van der Waals surface area contributed by atoms with Crippen molar-refractivity contribution in [2.45, 2.75) is 13.0 Å². The molecule has 35 heavy (non-hydrogen) atoms. The number of para-hydroxylation sites is 2. The molecule has 0 radical (unpaired) electrons. The lowest BCUT2D eigenvalue weighted by molar-refractivity contribution is 0.206. The number of carbonyl (C=O) groups excluding carboxylic acids is 1. The molecule has 0 spiro atoms. The lowest BCUT2D eigenvalue weighted by atomic mass is 10.1. The van der Waals surface area contributed by atoms with E-state index in [0.29, 0.717) is 57.3 Å². The van der Waals surface area contributed by atoms with Gasteiger partial charge in [0, 0.05) is 64.5 Å². The van der Waals surface area contributed by atoms with Gasteiger partial charge >= 0.3 is 6.03 Å². The summed E-state index contributed by atoms with van der Waals surface area (Å²) < 4.78 is 14.2. The van der Waals surface area contributed by atoms with E-state index in [9.17, 15) is 9.18 Å². The number of urea groups is 1. The van der Waals surface area contributed by atoms with Gasteiger partial charge < -0.3 is 24.9 Å². The number of piperazine rings is 1. The number of aromatic nitrogens is 2. The second-order valence-electron chi connectivity index (χ2n) is 9.06. The van der Waals surface area contributed by atoms with E-state index in [0.717, 1.165) is 22.8 Å². The topological polar surface area (TPSA) is 67.8 Å². The van der Waals surface area contributed by atoms with E-state index in [1.54, 1.807) is 11.0 Å². The Morgan fingerprint density at radius 1 is 0.914 bits per heavy atom. The summed E-state index contributed by atoms with van der Waals surface area (Å²) in [6.07, 6.45) is 0.670. The zero-order chi connectivity index (χ0) is 24.4. The summed E-state index contributed by atoms with van der Waals surface area (Å²) in [5.41, 5.74) is 3.39. The van der Waals surface area contributed by atoms with Crippen LogP contribution in [0.25, 0.3) is 0 Å². The molecule has 0 bridgehead atoms. The van der Waals surface area contributed by atoms with Crippen LogP contribution in [0.15, 0.2) is 54.6 Å². The van der Waals surface area contributed by atoms with Gasteiger partial charge in [0.1, 0.15) is 11.6 Å². The summed E-state index contributed by atoms with van der Waals surface area (Å²) in [4.78, 5) is 30.7. The minimum atomic E-state index is -0.193. The average Bonchev–Trinajstić information content (AvgIpc) is 2.88. The zero-order valence-corrected chi connectivity index (χ0v) is 20.1. The number of benzene rings is 2. The number of hydrogen-bond donors (Lipinski definition) is 1. The Morgan fingerprint density at radius 2 is 1.60 bits per heavy atom. The van der Waals surface area contributed by atoms with E-state index in [2.05, 4.69) is 15.1 Å². The Balaban J connectivity index is 1.31. The van der Waals surface area contributed by atoms with Crippen LogP contribution in [-0.4, -0.2) is 67.7 Å². The summed E-state index contributed by atoms with van der Waals surface area (Å²) in [6, 6.07) is 16.3. The SMILES string of the molecule is CN(C)c1nc(N2CCN(c3ccccc3F)CC2)nc2c1CN(C(=O)Nc1ccccc1)CC2. The molecular formula is C26H30FN7O. The number of fused-ring (bicyclic) bond motifs is 1. The zero-order valence-electron chi connectivity index (χ0n) is 20.1. The van der Waals surface area contributed by atoms with E-state index in [4.69, 9.17) is 9.97 Å². The third-order valence-corrected chi connectivity index (χ3v) is 6.52. The molecule has 3 heterocycles. The van der Waals surface area contributed by atoms with Gasteiger partial charge in [-0.05, 0) is 24.3 Å². The second kappa shape index (κ2) is 9.77. The van der Waals surface area contributed by atoms with E-state index in [-0.39, 0.29) is 11.8 Å². The predicted molar refractivity (Wildman–Crippen MR) is 137 cm³/mol. The van der Waals surface area contributed by atoms with E-state index in [1.807, 2.05) is 61.5 Å². The Morgan fingerprint density at radius 3 is 2.31 bits per heavy atom. The van der Waals surface area contributed by atoms with Crippen molar-refractivity contribution in [1.29, 1.82) is 0 Å². The van der Waals surface area contributed by atoms with Crippen molar-refractivity contribution in [3.05, 3.63) is 71.7 Å². The number of anilines is 4. The fraction of sp³-hybridized carbons (Fsp3) is 0.346. The van der Waals surface area contributed by atoms with Gasteiger partial charge in [0.05, 0.1) is 17.9 Å². The van der Waals surface area contributed by atoms with Gasteiger partial charge in [-0.15, -0.1) is 0 Å². The molecule has 2 aliphatic heterocycles. The number of carbonyl (C=O) groups is 1. The maximum absolute atomic E-state index is 14.2. The molecule has 2 amide bonds. The van der Waals surface area contributed by atoms with Gasteiger partial charge in [-0.2, -0.15) is 4.98 Å². The predicted octanol–water partition coefficient (Wildman–Crippen LogP) is 3.60. The Labute approximate surface area is 205 Å². The maximum atomic E-state index is 14.2. The monoisotopic (exact) mass is 475 g/mol. The molecule has 2 aliphatic rings. The number of hydrogen-bond acceptors (Lipinski definition) is 6. The highest BCUT2D eigenvalue weighted by molar-refractivity contribution is 5.89. The first-order chi connectivity index (χ1) is 17.0. The van der Waals surface area contributed by atoms with Gasteiger partial charge in [-0.1, -0.05) is 30.3 Å². The van der Waals surface area contributed by atoms with Crippen LogP contribution in [0.1, 0.15) is 11.3 Å². The van der Waals surface area contributed by atoms with Gasteiger partial charge in [-0.3, -0.25) is 0 Å². The number of nitrogens with zero attached hydrogens (tertiary/aromatic N) is 6. The molecule has 8 nitrogen and oxygen atoms in total. The molecular weight excluding hydrogens is 445 g/mol. The molecule has 1 saturated heterocycles. The van der Waals surface area contributed by atoms with Gasteiger partial charge in [-0.25, -0.2) is 14.2 Å². The van der Waals surface area contributed by atoms with Crippen LogP contribution in [0.3, 0.4) is 0 Å². The molecule has 0 saturated carbocycles. The van der Waals surface area contributed by atoms with Crippen molar-refractivity contribution in [2.75, 3.05) is 66.8 Å². The smallest absolute Gasteiger partial charge is 0.322 e. The normalized spacial score (nSPS) is 15.6. The number of rotatable bonds is 4. The van der Waals surface area contributed by atoms with Crippen molar-refractivity contribution in [3.8, 4) is 0 Å². The molecule has 0 atom stereocenters. The van der Waals surface area contributed by atoms with Crippen LogP contribution < -0.4 is 20.0 Å². The number of amides is 2. The molecule has 0 unspecified atom stereocenters. The number of halogens is 1. The summed E-state index contributed by atoms with van der Waals surface area (Å²) in [5.74, 6) is 1.34. The van der Waals surface area contributed by atoms with Crippen LogP contribution in [0.5, 0.6) is 0 Å².